The van der Waals surface area contributed by atoms with Crippen molar-refractivity contribution in [2.24, 2.45) is 0 Å². The highest BCUT2D eigenvalue weighted by atomic mass is 32.2. The number of hydrogen-bond donors (Lipinski definition) is 1. The van der Waals surface area contributed by atoms with Gasteiger partial charge in [-0.2, -0.15) is 4.31 Å². The maximum absolute atomic E-state index is 13.5. The summed E-state index contributed by atoms with van der Waals surface area (Å²) >= 11 is 0. The van der Waals surface area contributed by atoms with Gasteiger partial charge in [0, 0.05) is 44.2 Å². The van der Waals surface area contributed by atoms with Crippen LogP contribution in [0.2, 0.25) is 0 Å². The zero-order valence-corrected chi connectivity index (χ0v) is 18.8. The third kappa shape index (κ3) is 4.15. The number of phenols is 1. The third-order valence-corrected chi connectivity index (χ3v) is 7.81. The lowest BCUT2D eigenvalue weighted by Crippen LogP contribution is -2.48. The standard InChI is InChI=1S/C23H25FN2O5S/c1-3-16-12-19-15(2)11-21(27)31-23(19)20(22(16)28)14-25-7-9-26(10-8-25)32(29,30)18-6-4-5-17(24)13-18/h4-6,11-13,28H,3,7-10,14H2,1-2H3. The Bertz CT molecular complexity index is 1330. The molecule has 4 rings (SSSR count). The molecule has 0 bridgehead atoms. The molecular formula is C23H25FN2O5S. The summed E-state index contributed by atoms with van der Waals surface area (Å²) in [5.41, 5.74) is 1.95. The van der Waals surface area contributed by atoms with E-state index in [4.69, 9.17) is 4.42 Å². The van der Waals surface area contributed by atoms with Crippen LogP contribution in [-0.4, -0.2) is 48.9 Å². The zero-order valence-electron chi connectivity index (χ0n) is 18.0. The van der Waals surface area contributed by atoms with Crippen LogP contribution in [-0.2, 0) is 23.0 Å². The summed E-state index contributed by atoms with van der Waals surface area (Å²) in [6.07, 6.45) is 0.618. The fourth-order valence-corrected chi connectivity index (χ4v) is 5.56. The fourth-order valence-electron chi connectivity index (χ4n) is 4.11. The summed E-state index contributed by atoms with van der Waals surface area (Å²) in [4.78, 5) is 13.9. The molecule has 170 valence electrons. The Morgan fingerprint density at radius 3 is 2.50 bits per heavy atom. The lowest BCUT2D eigenvalue weighted by Gasteiger charge is -2.34. The van der Waals surface area contributed by atoms with Gasteiger partial charge in [-0.05, 0) is 48.7 Å². The van der Waals surface area contributed by atoms with Crippen molar-refractivity contribution in [2.75, 3.05) is 26.2 Å². The first kappa shape index (κ1) is 22.4. The minimum atomic E-state index is -3.79. The molecule has 0 saturated carbocycles. The number of piperazine rings is 1. The number of nitrogens with zero attached hydrogens (tertiary/aromatic N) is 2. The molecular weight excluding hydrogens is 435 g/mol. The highest BCUT2D eigenvalue weighted by molar-refractivity contribution is 7.89. The van der Waals surface area contributed by atoms with E-state index in [0.717, 1.165) is 22.6 Å². The first-order valence-electron chi connectivity index (χ1n) is 10.5. The molecule has 3 aromatic rings. The Hall–Kier alpha value is -2.75. The van der Waals surface area contributed by atoms with Crippen molar-refractivity contribution in [1.29, 1.82) is 0 Å². The molecule has 9 heteroatoms. The van der Waals surface area contributed by atoms with Crippen LogP contribution in [0, 0.1) is 12.7 Å². The van der Waals surface area contributed by atoms with Gasteiger partial charge in [-0.3, -0.25) is 4.90 Å². The lowest BCUT2D eigenvalue weighted by atomic mass is 9.99. The number of sulfonamides is 1. The lowest BCUT2D eigenvalue weighted by molar-refractivity contribution is 0.180. The predicted molar refractivity (Wildman–Crippen MR) is 119 cm³/mol. The minimum Gasteiger partial charge on any atom is -0.507 e. The van der Waals surface area contributed by atoms with Gasteiger partial charge in [-0.1, -0.05) is 13.0 Å². The maximum atomic E-state index is 13.5. The average Bonchev–Trinajstić information content (AvgIpc) is 2.76. The molecule has 1 aromatic heterocycles. The molecule has 1 N–H and O–H groups in total. The molecule has 0 unspecified atom stereocenters. The van der Waals surface area contributed by atoms with E-state index < -0.39 is 21.5 Å². The average molecular weight is 461 g/mol. The number of aromatic hydroxyl groups is 1. The van der Waals surface area contributed by atoms with Gasteiger partial charge >= 0.3 is 5.63 Å². The minimum absolute atomic E-state index is 0.0671. The van der Waals surface area contributed by atoms with Crippen molar-refractivity contribution in [3.63, 3.8) is 0 Å². The van der Waals surface area contributed by atoms with Crippen molar-refractivity contribution >= 4 is 21.0 Å². The van der Waals surface area contributed by atoms with Crippen molar-refractivity contribution in [3.8, 4) is 5.75 Å². The fraction of sp³-hybridized carbons (Fsp3) is 0.348. The van der Waals surface area contributed by atoms with Gasteiger partial charge in [0.1, 0.15) is 17.1 Å². The molecule has 2 heterocycles. The van der Waals surface area contributed by atoms with E-state index in [2.05, 4.69) is 0 Å². The van der Waals surface area contributed by atoms with Crippen LogP contribution in [0.4, 0.5) is 4.39 Å². The second kappa shape index (κ2) is 8.65. The summed E-state index contributed by atoms with van der Waals surface area (Å²) in [7, 11) is -3.79. The topological polar surface area (TPSA) is 91.1 Å². The van der Waals surface area contributed by atoms with Crippen LogP contribution in [0.5, 0.6) is 5.75 Å². The van der Waals surface area contributed by atoms with Crippen molar-refractivity contribution in [3.05, 3.63) is 69.3 Å². The number of phenolic OH excluding ortho intramolecular Hbond substituents is 1. The molecule has 0 spiro atoms. The first-order valence-corrected chi connectivity index (χ1v) is 11.9. The molecule has 0 aliphatic carbocycles. The number of hydrogen-bond acceptors (Lipinski definition) is 6. The highest BCUT2D eigenvalue weighted by Gasteiger charge is 2.29. The Balaban J connectivity index is 1.58. The maximum Gasteiger partial charge on any atom is 0.336 e. The number of fused-ring (bicyclic) bond motifs is 1. The molecule has 0 radical (unpaired) electrons. The van der Waals surface area contributed by atoms with Crippen molar-refractivity contribution < 1.29 is 22.3 Å². The van der Waals surface area contributed by atoms with Crippen LogP contribution >= 0.6 is 0 Å². The first-order chi connectivity index (χ1) is 15.2. The number of halogens is 1. The van der Waals surface area contributed by atoms with Crippen LogP contribution in [0.1, 0.15) is 23.6 Å². The van der Waals surface area contributed by atoms with Crippen LogP contribution in [0.15, 0.2) is 50.5 Å². The molecule has 0 atom stereocenters. The Kier molecular flexibility index (Phi) is 6.07. The SMILES string of the molecule is CCc1cc2c(C)cc(=O)oc2c(CN2CCN(S(=O)(=O)c3cccc(F)c3)CC2)c1O. The van der Waals surface area contributed by atoms with Crippen LogP contribution in [0.3, 0.4) is 0 Å². The Morgan fingerprint density at radius 1 is 1.12 bits per heavy atom. The number of rotatable bonds is 5. The van der Waals surface area contributed by atoms with Gasteiger partial charge in [0.25, 0.3) is 0 Å². The molecule has 1 aliphatic rings. The Morgan fingerprint density at radius 2 is 1.84 bits per heavy atom. The van der Waals surface area contributed by atoms with E-state index in [1.54, 1.807) is 0 Å². The van der Waals surface area contributed by atoms with Crippen LogP contribution < -0.4 is 5.63 Å². The van der Waals surface area contributed by atoms with Crippen LogP contribution in [0.25, 0.3) is 11.0 Å². The normalized spacial score (nSPS) is 16.0. The van der Waals surface area contributed by atoms with E-state index in [0.29, 0.717) is 37.2 Å². The second-order valence-electron chi connectivity index (χ2n) is 7.98. The smallest absolute Gasteiger partial charge is 0.336 e. The summed E-state index contributed by atoms with van der Waals surface area (Å²) in [6.45, 7) is 5.38. The van der Waals surface area contributed by atoms with Gasteiger partial charge in [0.2, 0.25) is 10.0 Å². The predicted octanol–water partition coefficient (Wildman–Crippen LogP) is 3.02. The summed E-state index contributed by atoms with van der Waals surface area (Å²) < 4.78 is 46.0. The van der Waals surface area contributed by atoms with Gasteiger partial charge in [0.15, 0.2) is 0 Å². The van der Waals surface area contributed by atoms with E-state index in [1.807, 2.05) is 24.8 Å². The van der Waals surface area contributed by atoms with E-state index in [1.165, 1.54) is 28.6 Å². The molecule has 1 aliphatic heterocycles. The summed E-state index contributed by atoms with van der Waals surface area (Å²) in [5, 5.41) is 11.6. The third-order valence-electron chi connectivity index (χ3n) is 5.92. The van der Waals surface area contributed by atoms with Gasteiger partial charge in [0.05, 0.1) is 10.5 Å². The molecule has 1 saturated heterocycles. The number of aryl methyl sites for hydroxylation is 2. The van der Waals surface area contributed by atoms with Gasteiger partial charge in [-0.25, -0.2) is 17.6 Å². The van der Waals surface area contributed by atoms with Crippen molar-refractivity contribution in [2.45, 2.75) is 31.7 Å². The highest BCUT2D eigenvalue weighted by Crippen LogP contribution is 2.34. The largest absolute Gasteiger partial charge is 0.507 e. The molecule has 7 nitrogen and oxygen atoms in total. The summed E-state index contributed by atoms with van der Waals surface area (Å²) in [6, 6.07) is 8.26. The van der Waals surface area contributed by atoms with Gasteiger partial charge in [-0.15, -0.1) is 0 Å². The number of benzene rings is 2. The molecule has 1 fully saturated rings. The monoisotopic (exact) mass is 460 g/mol. The van der Waals surface area contributed by atoms with E-state index >= 15 is 0 Å². The van der Waals surface area contributed by atoms with E-state index in [9.17, 15) is 22.7 Å². The van der Waals surface area contributed by atoms with Crippen molar-refractivity contribution in [1.82, 2.24) is 9.21 Å². The summed E-state index contributed by atoms with van der Waals surface area (Å²) in [5.74, 6) is -0.497. The molecule has 2 aromatic carbocycles. The zero-order chi connectivity index (χ0) is 23.0. The molecule has 0 amide bonds. The van der Waals surface area contributed by atoms with E-state index in [-0.39, 0.29) is 23.7 Å². The molecule has 32 heavy (non-hydrogen) atoms. The Labute approximate surface area is 185 Å². The second-order valence-corrected chi connectivity index (χ2v) is 9.92. The quantitative estimate of drug-likeness (QED) is 0.589. The van der Waals surface area contributed by atoms with Gasteiger partial charge < -0.3 is 9.52 Å².